The summed E-state index contributed by atoms with van der Waals surface area (Å²) in [4.78, 5) is 21.5. The van der Waals surface area contributed by atoms with E-state index in [0.29, 0.717) is 12.2 Å². The van der Waals surface area contributed by atoms with Crippen molar-refractivity contribution in [3.05, 3.63) is 65.2 Å². The topological polar surface area (TPSA) is 57.0 Å². The van der Waals surface area contributed by atoms with E-state index in [2.05, 4.69) is 29.0 Å². The molecule has 0 atom stereocenters. The number of thiazole rings is 1. The standard InChI is InChI=1S/C22H21N3O2S2/c1-3-25-19-11-10-16(21(26)27-4-2)12-18(19)24-22(25)29-14-17-13-28-20(23-17)15-8-6-5-7-9-15/h5-13H,3-4,14H2,1-2H3. The number of aryl methyl sites for hydroxylation is 1. The molecule has 0 bridgehead atoms. The maximum Gasteiger partial charge on any atom is 0.338 e. The Balaban J connectivity index is 1.54. The van der Waals surface area contributed by atoms with Crippen LogP contribution in [0, 0.1) is 0 Å². The largest absolute Gasteiger partial charge is 0.462 e. The first kappa shape index (κ1) is 19.7. The number of rotatable bonds is 7. The van der Waals surface area contributed by atoms with Gasteiger partial charge in [0.2, 0.25) is 0 Å². The predicted molar refractivity (Wildman–Crippen MR) is 118 cm³/mol. The van der Waals surface area contributed by atoms with Gasteiger partial charge in [-0.3, -0.25) is 0 Å². The molecule has 0 amide bonds. The van der Waals surface area contributed by atoms with Gasteiger partial charge in [-0.05, 0) is 32.0 Å². The van der Waals surface area contributed by atoms with Crippen molar-refractivity contribution >= 4 is 40.1 Å². The summed E-state index contributed by atoms with van der Waals surface area (Å²) in [5.74, 6) is 0.433. The lowest BCUT2D eigenvalue weighted by atomic mass is 10.2. The molecule has 4 rings (SSSR count). The third kappa shape index (κ3) is 4.21. The number of hydrogen-bond donors (Lipinski definition) is 0. The van der Waals surface area contributed by atoms with Crippen molar-refractivity contribution in [2.75, 3.05) is 6.61 Å². The van der Waals surface area contributed by atoms with Gasteiger partial charge in [-0.2, -0.15) is 0 Å². The first-order chi connectivity index (χ1) is 14.2. The van der Waals surface area contributed by atoms with Crippen molar-refractivity contribution < 1.29 is 9.53 Å². The van der Waals surface area contributed by atoms with Crippen molar-refractivity contribution in [2.45, 2.75) is 31.3 Å². The van der Waals surface area contributed by atoms with E-state index in [1.54, 1.807) is 42.2 Å². The highest BCUT2D eigenvalue weighted by molar-refractivity contribution is 7.98. The van der Waals surface area contributed by atoms with Gasteiger partial charge in [0.1, 0.15) is 5.01 Å². The minimum absolute atomic E-state index is 0.314. The lowest BCUT2D eigenvalue weighted by Gasteiger charge is -2.05. The molecule has 0 saturated heterocycles. The SMILES string of the molecule is CCOC(=O)c1ccc2c(c1)nc(SCc1csc(-c3ccccc3)n1)n2CC. The van der Waals surface area contributed by atoms with E-state index in [1.165, 1.54) is 0 Å². The van der Waals surface area contributed by atoms with E-state index in [4.69, 9.17) is 14.7 Å². The van der Waals surface area contributed by atoms with Crippen LogP contribution in [-0.2, 0) is 17.0 Å². The Morgan fingerprint density at radius 2 is 1.97 bits per heavy atom. The molecule has 2 aromatic carbocycles. The molecule has 7 heteroatoms. The molecule has 0 fully saturated rings. The number of thioether (sulfide) groups is 1. The number of fused-ring (bicyclic) bond motifs is 1. The van der Waals surface area contributed by atoms with E-state index < -0.39 is 0 Å². The van der Waals surface area contributed by atoms with Crippen LogP contribution >= 0.6 is 23.1 Å². The van der Waals surface area contributed by atoms with Gasteiger partial charge >= 0.3 is 5.97 Å². The van der Waals surface area contributed by atoms with Gasteiger partial charge in [0.05, 0.1) is 28.9 Å². The molecule has 29 heavy (non-hydrogen) atoms. The number of carbonyl (C=O) groups is 1. The van der Waals surface area contributed by atoms with Crippen LogP contribution in [0.2, 0.25) is 0 Å². The second-order valence-electron chi connectivity index (χ2n) is 6.36. The van der Waals surface area contributed by atoms with Crippen molar-refractivity contribution in [2.24, 2.45) is 0 Å². The molecular formula is C22H21N3O2S2. The zero-order valence-corrected chi connectivity index (χ0v) is 17.9. The van der Waals surface area contributed by atoms with Gasteiger partial charge in [0.25, 0.3) is 0 Å². The van der Waals surface area contributed by atoms with Crippen LogP contribution in [0.15, 0.2) is 59.1 Å². The predicted octanol–water partition coefficient (Wildman–Crippen LogP) is 5.65. The van der Waals surface area contributed by atoms with Crippen LogP contribution < -0.4 is 0 Å². The van der Waals surface area contributed by atoms with Crippen LogP contribution in [0.25, 0.3) is 21.6 Å². The van der Waals surface area contributed by atoms with Gasteiger partial charge in [0.15, 0.2) is 5.16 Å². The third-order valence-corrected chi connectivity index (χ3v) is 6.41. The minimum atomic E-state index is -0.314. The molecular weight excluding hydrogens is 402 g/mol. The molecule has 0 spiro atoms. The van der Waals surface area contributed by atoms with Crippen LogP contribution in [-0.4, -0.2) is 27.1 Å². The van der Waals surface area contributed by atoms with Gasteiger partial charge in [-0.1, -0.05) is 42.1 Å². The number of nitrogens with zero attached hydrogens (tertiary/aromatic N) is 3. The summed E-state index contributed by atoms with van der Waals surface area (Å²) >= 11 is 3.32. The summed E-state index contributed by atoms with van der Waals surface area (Å²) in [6.07, 6.45) is 0. The van der Waals surface area contributed by atoms with E-state index in [1.807, 2.05) is 24.3 Å². The molecule has 2 heterocycles. The van der Waals surface area contributed by atoms with Gasteiger partial charge in [-0.25, -0.2) is 14.8 Å². The quantitative estimate of drug-likeness (QED) is 0.284. The van der Waals surface area contributed by atoms with E-state index in [0.717, 1.165) is 44.8 Å². The Bertz CT molecular complexity index is 1140. The Hall–Kier alpha value is -2.64. The normalized spacial score (nSPS) is 11.1. The second-order valence-corrected chi connectivity index (χ2v) is 8.16. The molecule has 0 aliphatic heterocycles. The second kappa shape index (κ2) is 8.80. The van der Waals surface area contributed by atoms with Gasteiger partial charge < -0.3 is 9.30 Å². The fourth-order valence-corrected chi connectivity index (χ4v) is 4.99. The summed E-state index contributed by atoms with van der Waals surface area (Å²) < 4.78 is 7.26. The number of hydrogen-bond acceptors (Lipinski definition) is 6. The number of ether oxygens (including phenoxy) is 1. The Labute approximate surface area is 177 Å². The van der Waals surface area contributed by atoms with Crippen molar-refractivity contribution in [1.82, 2.24) is 14.5 Å². The number of carbonyl (C=O) groups excluding carboxylic acids is 1. The molecule has 0 aliphatic carbocycles. The minimum Gasteiger partial charge on any atom is -0.462 e. The van der Waals surface area contributed by atoms with Crippen LogP contribution in [0.4, 0.5) is 0 Å². The smallest absolute Gasteiger partial charge is 0.338 e. The molecule has 0 saturated carbocycles. The number of esters is 1. The Morgan fingerprint density at radius 3 is 2.72 bits per heavy atom. The lowest BCUT2D eigenvalue weighted by Crippen LogP contribution is -2.04. The van der Waals surface area contributed by atoms with Gasteiger partial charge in [0, 0.05) is 23.2 Å². The number of imidazole rings is 1. The van der Waals surface area contributed by atoms with Crippen LogP contribution in [0.1, 0.15) is 29.9 Å². The summed E-state index contributed by atoms with van der Waals surface area (Å²) in [5.41, 5.74) is 4.54. The van der Waals surface area contributed by atoms with E-state index >= 15 is 0 Å². The highest BCUT2D eigenvalue weighted by Crippen LogP contribution is 2.30. The molecule has 4 aromatic rings. The fourth-order valence-electron chi connectivity index (χ4n) is 3.09. The maximum absolute atomic E-state index is 12.0. The molecule has 0 unspecified atom stereocenters. The summed E-state index contributed by atoms with van der Waals surface area (Å²) in [7, 11) is 0. The first-order valence-electron chi connectivity index (χ1n) is 9.49. The zero-order valence-electron chi connectivity index (χ0n) is 16.3. The first-order valence-corrected chi connectivity index (χ1v) is 11.4. The van der Waals surface area contributed by atoms with Gasteiger partial charge in [-0.15, -0.1) is 11.3 Å². The number of benzene rings is 2. The Kier molecular flexibility index (Phi) is 5.97. The van der Waals surface area contributed by atoms with Crippen molar-refractivity contribution in [1.29, 1.82) is 0 Å². The molecule has 0 N–H and O–H groups in total. The molecule has 0 aliphatic rings. The molecule has 5 nitrogen and oxygen atoms in total. The third-order valence-electron chi connectivity index (χ3n) is 4.46. The fraction of sp³-hybridized carbons (Fsp3) is 0.227. The van der Waals surface area contributed by atoms with E-state index in [9.17, 15) is 4.79 Å². The molecule has 0 radical (unpaired) electrons. The van der Waals surface area contributed by atoms with Crippen LogP contribution in [0.5, 0.6) is 0 Å². The average molecular weight is 424 g/mol. The lowest BCUT2D eigenvalue weighted by molar-refractivity contribution is 0.0526. The monoisotopic (exact) mass is 423 g/mol. The highest BCUT2D eigenvalue weighted by Gasteiger charge is 2.14. The number of aromatic nitrogens is 3. The summed E-state index contributed by atoms with van der Waals surface area (Å²) in [6, 6.07) is 15.8. The highest BCUT2D eigenvalue weighted by atomic mass is 32.2. The van der Waals surface area contributed by atoms with Crippen molar-refractivity contribution in [3.8, 4) is 10.6 Å². The summed E-state index contributed by atoms with van der Waals surface area (Å²) in [5, 5.41) is 4.06. The summed E-state index contributed by atoms with van der Waals surface area (Å²) in [6.45, 7) is 5.07. The maximum atomic E-state index is 12.0. The van der Waals surface area contributed by atoms with E-state index in [-0.39, 0.29) is 5.97 Å². The Morgan fingerprint density at radius 1 is 1.14 bits per heavy atom. The molecule has 2 aromatic heterocycles. The molecule has 148 valence electrons. The average Bonchev–Trinajstić information content (AvgIpc) is 3.36. The van der Waals surface area contributed by atoms with Crippen LogP contribution in [0.3, 0.4) is 0 Å². The zero-order chi connectivity index (χ0) is 20.2. The van der Waals surface area contributed by atoms with Crippen molar-refractivity contribution in [3.63, 3.8) is 0 Å².